The number of hydrogen-bond donors (Lipinski definition) is 1. The average molecular weight is 442 g/mol. The maximum Gasteiger partial charge on any atom is 0.278 e. The topological polar surface area (TPSA) is 77.1 Å². The molecular weight excluding hydrogens is 420 g/mol. The maximum absolute atomic E-state index is 13.4. The summed E-state index contributed by atoms with van der Waals surface area (Å²) in [6, 6.07) is 22.1. The van der Waals surface area contributed by atoms with Crippen molar-refractivity contribution < 1.29 is 23.8 Å². The molecule has 2 heterocycles. The second-order valence-electron chi connectivity index (χ2n) is 7.67. The van der Waals surface area contributed by atoms with Crippen molar-refractivity contribution in [2.45, 2.75) is 6.42 Å². The van der Waals surface area contributed by atoms with Crippen molar-refractivity contribution in [3.8, 4) is 17.2 Å². The molecule has 0 aromatic heterocycles. The Balaban J connectivity index is 1.42. The van der Waals surface area contributed by atoms with Gasteiger partial charge in [0.2, 0.25) is 6.79 Å². The van der Waals surface area contributed by atoms with Gasteiger partial charge in [-0.05, 0) is 41.8 Å². The van der Waals surface area contributed by atoms with Crippen molar-refractivity contribution >= 4 is 23.1 Å². The number of benzene rings is 3. The Bertz CT molecular complexity index is 1240. The van der Waals surface area contributed by atoms with E-state index in [9.17, 15) is 9.59 Å². The third-order valence-corrected chi connectivity index (χ3v) is 5.66. The van der Waals surface area contributed by atoms with Gasteiger partial charge in [0.05, 0.1) is 12.7 Å². The zero-order valence-electron chi connectivity index (χ0n) is 18.0. The Morgan fingerprint density at radius 1 is 0.909 bits per heavy atom. The summed E-state index contributed by atoms with van der Waals surface area (Å²) < 4.78 is 16.0. The van der Waals surface area contributed by atoms with Crippen LogP contribution in [0.15, 0.2) is 78.5 Å². The third-order valence-electron chi connectivity index (χ3n) is 5.66. The van der Waals surface area contributed by atoms with Gasteiger partial charge in [0.25, 0.3) is 11.8 Å². The summed E-state index contributed by atoms with van der Waals surface area (Å²) >= 11 is 0. The second-order valence-corrected chi connectivity index (χ2v) is 7.67. The lowest BCUT2D eigenvalue weighted by molar-refractivity contribution is -0.136. The molecule has 0 fully saturated rings. The fourth-order valence-corrected chi connectivity index (χ4v) is 3.92. The van der Waals surface area contributed by atoms with E-state index in [2.05, 4.69) is 5.32 Å². The largest absolute Gasteiger partial charge is 0.497 e. The van der Waals surface area contributed by atoms with E-state index in [4.69, 9.17) is 14.2 Å². The predicted octanol–water partition coefficient (Wildman–Crippen LogP) is 3.86. The Morgan fingerprint density at radius 3 is 2.42 bits per heavy atom. The molecular formula is C26H22N2O5. The smallest absolute Gasteiger partial charge is 0.278 e. The van der Waals surface area contributed by atoms with Crippen molar-refractivity contribution in [1.29, 1.82) is 0 Å². The molecule has 3 aromatic rings. The molecule has 0 unspecified atom stereocenters. The highest BCUT2D eigenvalue weighted by Crippen LogP contribution is 2.36. The number of hydrogen-bond acceptors (Lipinski definition) is 6. The summed E-state index contributed by atoms with van der Waals surface area (Å²) in [6.45, 7) is 0.431. The molecule has 5 rings (SSSR count). The molecule has 33 heavy (non-hydrogen) atoms. The molecule has 1 N–H and O–H groups in total. The standard InChI is InChI=1S/C26H22N2O5/c1-31-20-10-7-17(8-11-20)13-14-28-25(29)23(18-5-3-2-4-6-18)24(26(28)30)27-19-9-12-21-22(15-19)33-16-32-21/h2-12,15,27H,13-14,16H2,1H3. The molecule has 0 spiro atoms. The van der Waals surface area contributed by atoms with E-state index >= 15 is 0 Å². The first-order valence-electron chi connectivity index (χ1n) is 10.6. The van der Waals surface area contributed by atoms with Gasteiger partial charge in [-0.2, -0.15) is 0 Å². The number of nitrogens with zero attached hydrogens (tertiary/aromatic N) is 1. The zero-order chi connectivity index (χ0) is 22.8. The lowest BCUT2D eigenvalue weighted by Crippen LogP contribution is -2.34. The van der Waals surface area contributed by atoms with Gasteiger partial charge in [-0.3, -0.25) is 14.5 Å². The molecule has 7 heteroatoms. The molecule has 3 aromatic carbocycles. The van der Waals surface area contributed by atoms with Crippen LogP contribution in [0.3, 0.4) is 0 Å². The summed E-state index contributed by atoms with van der Waals surface area (Å²) in [5.41, 5.74) is 2.94. The van der Waals surface area contributed by atoms with E-state index in [-0.39, 0.29) is 30.8 Å². The van der Waals surface area contributed by atoms with Crippen LogP contribution < -0.4 is 19.5 Å². The minimum atomic E-state index is -0.356. The fraction of sp³-hybridized carbons (Fsp3) is 0.154. The Morgan fingerprint density at radius 2 is 1.67 bits per heavy atom. The molecule has 0 saturated carbocycles. The normalized spacial score (nSPS) is 14.8. The Labute approximate surface area is 191 Å². The number of ether oxygens (including phenoxy) is 3. The first-order chi connectivity index (χ1) is 16.1. The van der Waals surface area contributed by atoms with E-state index in [0.29, 0.717) is 34.7 Å². The van der Waals surface area contributed by atoms with Crippen LogP contribution in [0.1, 0.15) is 11.1 Å². The lowest BCUT2D eigenvalue weighted by Gasteiger charge is -2.15. The van der Waals surface area contributed by atoms with E-state index < -0.39 is 0 Å². The van der Waals surface area contributed by atoms with Crippen LogP contribution in [0.25, 0.3) is 5.57 Å². The molecule has 0 bridgehead atoms. The van der Waals surface area contributed by atoms with Gasteiger partial charge in [0.15, 0.2) is 11.5 Å². The van der Waals surface area contributed by atoms with Crippen LogP contribution >= 0.6 is 0 Å². The number of imide groups is 1. The highest BCUT2D eigenvalue weighted by atomic mass is 16.7. The third kappa shape index (κ3) is 4.01. The highest BCUT2D eigenvalue weighted by molar-refractivity contribution is 6.36. The Hall–Kier alpha value is -4.26. The lowest BCUT2D eigenvalue weighted by atomic mass is 10.0. The van der Waals surface area contributed by atoms with Gasteiger partial charge in [0.1, 0.15) is 11.4 Å². The number of carbonyl (C=O) groups excluding carboxylic acids is 2. The second kappa shape index (κ2) is 8.70. The van der Waals surface area contributed by atoms with Crippen LogP contribution in [0, 0.1) is 0 Å². The molecule has 2 aliphatic rings. The number of methoxy groups -OCH3 is 1. The fourth-order valence-electron chi connectivity index (χ4n) is 3.92. The number of fused-ring (bicyclic) bond motifs is 1. The number of rotatable bonds is 7. The van der Waals surface area contributed by atoms with Crippen LogP contribution in [0.4, 0.5) is 5.69 Å². The quantitative estimate of drug-likeness (QED) is 0.560. The molecule has 0 saturated heterocycles. The van der Waals surface area contributed by atoms with Gasteiger partial charge >= 0.3 is 0 Å². The maximum atomic E-state index is 13.4. The van der Waals surface area contributed by atoms with Crippen LogP contribution in [0.5, 0.6) is 17.2 Å². The number of nitrogens with one attached hydrogen (secondary N) is 1. The highest BCUT2D eigenvalue weighted by Gasteiger charge is 2.39. The zero-order valence-corrected chi connectivity index (χ0v) is 18.0. The molecule has 2 aliphatic heterocycles. The first kappa shape index (κ1) is 20.6. The summed E-state index contributed by atoms with van der Waals surface area (Å²) in [5.74, 6) is 1.33. The van der Waals surface area contributed by atoms with Gasteiger partial charge in [-0.1, -0.05) is 42.5 Å². The van der Waals surface area contributed by atoms with Gasteiger partial charge in [0, 0.05) is 18.3 Å². The van der Waals surface area contributed by atoms with Gasteiger partial charge in [-0.25, -0.2) is 0 Å². The van der Waals surface area contributed by atoms with Crippen LogP contribution in [-0.4, -0.2) is 37.2 Å². The molecule has 0 aliphatic carbocycles. The average Bonchev–Trinajstić information content (AvgIpc) is 3.41. The van der Waals surface area contributed by atoms with Crippen molar-refractivity contribution in [1.82, 2.24) is 4.90 Å². The SMILES string of the molecule is COc1ccc(CCN2C(=O)C(Nc3ccc4c(c3)OCO4)=C(c3ccccc3)C2=O)cc1. The van der Waals surface area contributed by atoms with E-state index in [1.54, 1.807) is 25.3 Å². The van der Waals surface area contributed by atoms with Crippen LogP contribution in [-0.2, 0) is 16.0 Å². The minimum absolute atomic E-state index is 0.160. The first-order valence-corrected chi connectivity index (χ1v) is 10.6. The summed E-state index contributed by atoms with van der Waals surface area (Å²) in [6.07, 6.45) is 0.543. The predicted molar refractivity (Wildman–Crippen MR) is 123 cm³/mol. The molecule has 2 amide bonds. The molecule has 0 radical (unpaired) electrons. The summed E-state index contributed by atoms with van der Waals surface area (Å²) in [4.78, 5) is 28.0. The van der Waals surface area contributed by atoms with E-state index in [0.717, 1.165) is 11.3 Å². The molecule has 166 valence electrons. The van der Waals surface area contributed by atoms with Crippen LogP contribution in [0.2, 0.25) is 0 Å². The monoisotopic (exact) mass is 442 g/mol. The number of anilines is 1. The summed E-state index contributed by atoms with van der Waals surface area (Å²) in [7, 11) is 1.61. The molecule has 7 nitrogen and oxygen atoms in total. The van der Waals surface area contributed by atoms with Crippen molar-refractivity contribution in [3.05, 3.63) is 89.6 Å². The van der Waals surface area contributed by atoms with E-state index in [1.807, 2.05) is 54.6 Å². The minimum Gasteiger partial charge on any atom is -0.497 e. The molecule has 0 atom stereocenters. The van der Waals surface area contributed by atoms with Crippen molar-refractivity contribution in [2.24, 2.45) is 0 Å². The van der Waals surface area contributed by atoms with Crippen molar-refractivity contribution in [2.75, 3.05) is 25.8 Å². The number of amides is 2. The Kier molecular flexibility index (Phi) is 5.44. The van der Waals surface area contributed by atoms with Crippen molar-refractivity contribution in [3.63, 3.8) is 0 Å². The summed E-state index contributed by atoms with van der Waals surface area (Å²) in [5, 5.41) is 3.16. The number of carbonyl (C=O) groups is 2. The van der Waals surface area contributed by atoms with E-state index in [1.165, 1.54) is 4.90 Å². The van der Waals surface area contributed by atoms with Gasteiger partial charge in [-0.15, -0.1) is 0 Å². The van der Waals surface area contributed by atoms with Gasteiger partial charge < -0.3 is 19.5 Å².